The molecule has 3 saturated carbocycles. The van der Waals surface area contributed by atoms with Gasteiger partial charge in [0.15, 0.2) is 0 Å². The number of aliphatic hydroxyl groups excluding tert-OH is 2. The third kappa shape index (κ3) is 2.29. The lowest BCUT2D eigenvalue weighted by molar-refractivity contribution is -0.123. The molecule has 0 aromatic heterocycles. The first-order valence-corrected chi connectivity index (χ1v) is 9.53. The van der Waals surface area contributed by atoms with Crippen LogP contribution in [0.15, 0.2) is 11.6 Å². The molecule has 140 valence electrons. The monoisotopic (exact) mass is 348 g/mol. The van der Waals surface area contributed by atoms with Crippen molar-refractivity contribution in [3.63, 3.8) is 0 Å². The number of rotatable bonds is 0. The Morgan fingerprint density at radius 2 is 1.76 bits per heavy atom. The summed E-state index contributed by atoms with van der Waals surface area (Å²) in [5, 5.41) is 32.0. The zero-order valence-electron chi connectivity index (χ0n) is 15.3. The fourth-order valence-corrected chi connectivity index (χ4v) is 6.88. The molecule has 5 N–H and O–H groups in total. The maximum absolute atomic E-state index is 11.0. The molecule has 0 heterocycles. The average Bonchev–Trinajstić information content (AvgIpc) is 2.82. The number of fused-ring (bicyclic) bond motifs is 5. The van der Waals surface area contributed by atoms with E-state index in [0.717, 1.165) is 32.1 Å². The van der Waals surface area contributed by atoms with Crippen molar-refractivity contribution >= 4 is 0 Å². The quantitative estimate of drug-likeness (QED) is 0.460. The summed E-state index contributed by atoms with van der Waals surface area (Å²) in [6.45, 7) is 4.47. The standard InChI is InChI=1S/C21H30O3.H2O/c1-4-21(24)10-7-16-18-15(6-9-20(16,21)3)19(2)8-5-14(22)11-13(19)12-17(18)23;/h1,12,14-18,22-24H,5-11H2,2-3H3;1H2/t14-,15-,16-,17-,18+,19-,20-,21-;/m0./s1. The van der Waals surface area contributed by atoms with Crippen LogP contribution in [0.2, 0.25) is 0 Å². The Kier molecular flexibility index (Phi) is 4.41. The summed E-state index contributed by atoms with van der Waals surface area (Å²) in [6, 6.07) is 0. The van der Waals surface area contributed by atoms with Crippen molar-refractivity contribution in [2.45, 2.75) is 76.6 Å². The summed E-state index contributed by atoms with van der Waals surface area (Å²) in [6.07, 6.45) is 13.0. The van der Waals surface area contributed by atoms with Gasteiger partial charge in [-0.05, 0) is 68.1 Å². The van der Waals surface area contributed by atoms with Crippen molar-refractivity contribution in [2.24, 2.45) is 28.6 Å². The number of hydrogen-bond acceptors (Lipinski definition) is 3. The molecule has 0 radical (unpaired) electrons. The highest BCUT2D eigenvalue weighted by molar-refractivity contribution is 5.30. The Morgan fingerprint density at radius 1 is 1.08 bits per heavy atom. The minimum absolute atomic E-state index is 0. The predicted octanol–water partition coefficient (Wildman–Crippen LogP) is 1.82. The van der Waals surface area contributed by atoms with Gasteiger partial charge in [-0.2, -0.15) is 0 Å². The highest BCUT2D eigenvalue weighted by Gasteiger charge is 2.64. The van der Waals surface area contributed by atoms with E-state index in [1.807, 2.05) is 6.08 Å². The molecule has 25 heavy (non-hydrogen) atoms. The molecule has 0 unspecified atom stereocenters. The van der Waals surface area contributed by atoms with Gasteiger partial charge in [-0.25, -0.2) is 0 Å². The second-order valence-electron chi connectivity index (χ2n) is 9.29. The second kappa shape index (κ2) is 5.82. The highest BCUT2D eigenvalue weighted by Crippen LogP contribution is 2.66. The Bertz CT molecular complexity index is 622. The molecule has 4 rings (SSSR count). The lowest BCUT2D eigenvalue weighted by Gasteiger charge is -2.59. The van der Waals surface area contributed by atoms with Gasteiger partial charge in [0, 0.05) is 5.41 Å². The number of hydrogen-bond donors (Lipinski definition) is 3. The fourth-order valence-electron chi connectivity index (χ4n) is 6.88. The molecule has 0 bridgehead atoms. The van der Waals surface area contributed by atoms with Gasteiger partial charge in [-0.3, -0.25) is 0 Å². The van der Waals surface area contributed by atoms with Crippen LogP contribution >= 0.6 is 0 Å². The maximum atomic E-state index is 11.0. The molecule has 4 heteroatoms. The Hall–Kier alpha value is -0.860. The summed E-state index contributed by atoms with van der Waals surface area (Å²) in [7, 11) is 0. The summed E-state index contributed by atoms with van der Waals surface area (Å²) in [5.74, 6) is 3.56. The van der Waals surface area contributed by atoms with Crippen LogP contribution in [0.25, 0.3) is 0 Å². The van der Waals surface area contributed by atoms with E-state index in [0.29, 0.717) is 18.8 Å². The van der Waals surface area contributed by atoms with Gasteiger partial charge in [-0.15, -0.1) is 6.42 Å². The van der Waals surface area contributed by atoms with Crippen molar-refractivity contribution in [1.29, 1.82) is 0 Å². The molecule has 0 aliphatic heterocycles. The minimum Gasteiger partial charge on any atom is -0.412 e. The number of terminal acetylenes is 1. The van der Waals surface area contributed by atoms with Crippen LogP contribution in [0, 0.1) is 40.9 Å². The van der Waals surface area contributed by atoms with Gasteiger partial charge in [0.1, 0.15) is 5.60 Å². The van der Waals surface area contributed by atoms with E-state index in [4.69, 9.17) is 6.42 Å². The van der Waals surface area contributed by atoms with E-state index in [9.17, 15) is 15.3 Å². The van der Waals surface area contributed by atoms with Gasteiger partial charge < -0.3 is 20.8 Å². The lowest BCUT2D eigenvalue weighted by Crippen LogP contribution is -2.57. The molecular weight excluding hydrogens is 316 g/mol. The zero-order valence-corrected chi connectivity index (χ0v) is 15.3. The molecule has 3 fully saturated rings. The van der Waals surface area contributed by atoms with E-state index in [-0.39, 0.29) is 34.2 Å². The van der Waals surface area contributed by atoms with E-state index in [1.165, 1.54) is 5.57 Å². The van der Waals surface area contributed by atoms with E-state index in [1.54, 1.807) is 0 Å². The Morgan fingerprint density at radius 3 is 2.44 bits per heavy atom. The summed E-state index contributed by atoms with van der Waals surface area (Å²) in [5.41, 5.74) is 0.0145. The van der Waals surface area contributed by atoms with Crippen LogP contribution in [0.3, 0.4) is 0 Å². The van der Waals surface area contributed by atoms with Crippen molar-refractivity contribution < 1.29 is 20.8 Å². The first kappa shape index (κ1) is 18.9. The molecule has 0 spiro atoms. The third-order valence-electron chi connectivity index (χ3n) is 8.49. The largest absolute Gasteiger partial charge is 0.412 e. The van der Waals surface area contributed by atoms with Crippen molar-refractivity contribution in [2.75, 3.05) is 0 Å². The molecule has 0 aromatic rings. The van der Waals surface area contributed by atoms with Crippen LogP contribution < -0.4 is 0 Å². The molecule has 0 aromatic carbocycles. The Labute approximate surface area is 150 Å². The molecule has 0 amide bonds. The van der Waals surface area contributed by atoms with Gasteiger partial charge in [-0.1, -0.05) is 31.4 Å². The van der Waals surface area contributed by atoms with E-state index in [2.05, 4.69) is 19.8 Å². The first-order valence-electron chi connectivity index (χ1n) is 9.53. The van der Waals surface area contributed by atoms with Crippen molar-refractivity contribution in [1.82, 2.24) is 0 Å². The van der Waals surface area contributed by atoms with E-state index < -0.39 is 11.7 Å². The SMILES string of the molecule is C#C[C@]1(O)CC[C@H]2[C@@H]3[C@@H](O)C=C4C[C@@H](O)CC[C@]4(C)[C@H]3CC[C@@]21C.O. The molecule has 4 nitrogen and oxygen atoms in total. The van der Waals surface area contributed by atoms with E-state index >= 15 is 0 Å². The topological polar surface area (TPSA) is 92.2 Å². The fraction of sp³-hybridized carbons (Fsp3) is 0.810. The first-order chi connectivity index (χ1) is 11.2. The summed E-state index contributed by atoms with van der Waals surface area (Å²) >= 11 is 0. The highest BCUT2D eigenvalue weighted by atomic mass is 16.3. The predicted molar refractivity (Wildman–Crippen MR) is 96.5 cm³/mol. The zero-order chi connectivity index (χ0) is 17.3. The summed E-state index contributed by atoms with van der Waals surface area (Å²) in [4.78, 5) is 0. The third-order valence-corrected chi connectivity index (χ3v) is 8.49. The van der Waals surface area contributed by atoms with Gasteiger partial charge in [0.2, 0.25) is 0 Å². The second-order valence-corrected chi connectivity index (χ2v) is 9.29. The van der Waals surface area contributed by atoms with Crippen LogP contribution in [0.5, 0.6) is 0 Å². The molecule has 4 aliphatic carbocycles. The minimum atomic E-state index is -1.03. The van der Waals surface area contributed by atoms with Crippen LogP contribution in [0.4, 0.5) is 0 Å². The van der Waals surface area contributed by atoms with Crippen LogP contribution in [0.1, 0.15) is 58.8 Å². The van der Waals surface area contributed by atoms with Crippen molar-refractivity contribution in [3.8, 4) is 12.3 Å². The van der Waals surface area contributed by atoms with Crippen molar-refractivity contribution in [3.05, 3.63) is 11.6 Å². The maximum Gasteiger partial charge on any atom is 0.130 e. The smallest absolute Gasteiger partial charge is 0.130 e. The molecule has 4 aliphatic rings. The number of aliphatic hydroxyl groups is 3. The van der Waals surface area contributed by atoms with Gasteiger partial charge >= 0.3 is 0 Å². The molecule has 0 saturated heterocycles. The van der Waals surface area contributed by atoms with Crippen LogP contribution in [-0.4, -0.2) is 38.6 Å². The molecular formula is C21H32O4. The van der Waals surface area contributed by atoms with Crippen LogP contribution in [-0.2, 0) is 0 Å². The average molecular weight is 348 g/mol. The normalized spacial score (nSPS) is 54.2. The molecule has 8 atom stereocenters. The Balaban J connectivity index is 0.00000182. The lowest BCUT2D eigenvalue weighted by atomic mass is 9.46. The summed E-state index contributed by atoms with van der Waals surface area (Å²) < 4.78 is 0. The van der Waals surface area contributed by atoms with Gasteiger partial charge in [0.05, 0.1) is 12.2 Å². The van der Waals surface area contributed by atoms with Gasteiger partial charge in [0.25, 0.3) is 0 Å².